The summed E-state index contributed by atoms with van der Waals surface area (Å²) in [5, 5.41) is 2.88. The largest absolute Gasteiger partial charge is 0.398 e. The Kier molecular flexibility index (Phi) is 9.01. The number of para-hydroxylation sites is 1. The van der Waals surface area contributed by atoms with Crippen molar-refractivity contribution >= 4 is 24.0 Å². The predicted octanol–water partition coefficient (Wildman–Crippen LogP) is 2.87. The maximum absolute atomic E-state index is 11.9. The zero-order valence-corrected chi connectivity index (χ0v) is 13.2. The van der Waals surface area contributed by atoms with Crippen LogP contribution in [0.1, 0.15) is 37.6 Å². The third-order valence-corrected chi connectivity index (χ3v) is 3.04. The quantitative estimate of drug-likeness (QED) is 0.761. The number of benzene rings is 1. The number of carbonyl (C=O) groups is 1. The lowest BCUT2D eigenvalue weighted by molar-refractivity contribution is 0.0251. The second kappa shape index (κ2) is 9.61. The first kappa shape index (κ1) is 18.7. The van der Waals surface area contributed by atoms with Crippen molar-refractivity contribution in [3.63, 3.8) is 0 Å². The molecule has 114 valence electrons. The molecule has 1 amide bonds. The van der Waals surface area contributed by atoms with E-state index in [1.54, 1.807) is 12.1 Å². The Morgan fingerprint density at radius 3 is 2.55 bits per heavy atom. The van der Waals surface area contributed by atoms with Crippen LogP contribution in [0.2, 0.25) is 0 Å². The van der Waals surface area contributed by atoms with Gasteiger partial charge in [-0.05, 0) is 31.4 Å². The number of halogens is 1. The molecule has 0 saturated carbocycles. The molecule has 4 nitrogen and oxygen atoms in total. The molecule has 0 aromatic heterocycles. The van der Waals surface area contributed by atoms with Gasteiger partial charge in [-0.15, -0.1) is 12.4 Å². The summed E-state index contributed by atoms with van der Waals surface area (Å²) in [6.45, 7) is 7.52. The van der Waals surface area contributed by atoms with Crippen molar-refractivity contribution in [1.82, 2.24) is 5.32 Å². The minimum absolute atomic E-state index is 0. The molecule has 1 rings (SSSR count). The molecule has 0 aliphatic heterocycles. The van der Waals surface area contributed by atoms with E-state index in [2.05, 4.69) is 19.2 Å². The fraction of sp³-hybridized carbons (Fsp3) is 0.533. The molecule has 1 aromatic rings. The van der Waals surface area contributed by atoms with Gasteiger partial charge in [-0.25, -0.2) is 0 Å². The highest BCUT2D eigenvalue weighted by Gasteiger charge is 2.14. The molecule has 1 atom stereocenters. The van der Waals surface area contributed by atoms with E-state index in [1.807, 2.05) is 19.1 Å². The SMILES string of the molecule is CCOC(CCNC(=O)c1ccccc1N)C(C)C.Cl. The van der Waals surface area contributed by atoms with E-state index in [9.17, 15) is 4.79 Å². The average Bonchev–Trinajstić information content (AvgIpc) is 2.37. The van der Waals surface area contributed by atoms with E-state index in [0.717, 1.165) is 6.42 Å². The van der Waals surface area contributed by atoms with Gasteiger partial charge >= 0.3 is 0 Å². The number of anilines is 1. The highest BCUT2D eigenvalue weighted by atomic mass is 35.5. The second-order valence-electron chi connectivity index (χ2n) is 4.87. The Morgan fingerprint density at radius 2 is 2.00 bits per heavy atom. The molecular weight excluding hydrogens is 276 g/mol. The maximum atomic E-state index is 11.9. The van der Waals surface area contributed by atoms with E-state index in [0.29, 0.717) is 30.3 Å². The Labute approximate surface area is 127 Å². The van der Waals surface area contributed by atoms with E-state index < -0.39 is 0 Å². The van der Waals surface area contributed by atoms with Crippen LogP contribution in [-0.2, 0) is 4.74 Å². The molecule has 0 radical (unpaired) electrons. The summed E-state index contributed by atoms with van der Waals surface area (Å²) in [6, 6.07) is 7.08. The number of ether oxygens (including phenoxy) is 1. The summed E-state index contributed by atoms with van der Waals surface area (Å²) in [6.07, 6.45) is 0.989. The van der Waals surface area contributed by atoms with E-state index in [-0.39, 0.29) is 24.4 Å². The zero-order valence-electron chi connectivity index (χ0n) is 12.4. The van der Waals surface area contributed by atoms with Gasteiger partial charge in [-0.2, -0.15) is 0 Å². The van der Waals surface area contributed by atoms with E-state index >= 15 is 0 Å². The monoisotopic (exact) mass is 300 g/mol. The van der Waals surface area contributed by atoms with Crippen molar-refractivity contribution in [1.29, 1.82) is 0 Å². The lowest BCUT2D eigenvalue weighted by Crippen LogP contribution is -2.30. The molecular formula is C15H25ClN2O2. The molecule has 0 bridgehead atoms. The minimum atomic E-state index is -0.128. The van der Waals surface area contributed by atoms with Gasteiger partial charge in [-0.1, -0.05) is 26.0 Å². The van der Waals surface area contributed by atoms with Crippen LogP contribution in [-0.4, -0.2) is 25.2 Å². The maximum Gasteiger partial charge on any atom is 0.253 e. The molecule has 0 aliphatic rings. The topological polar surface area (TPSA) is 64.3 Å². The van der Waals surface area contributed by atoms with Crippen molar-refractivity contribution in [2.75, 3.05) is 18.9 Å². The molecule has 0 heterocycles. The van der Waals surface area contributed by atoms with Crippen molar-refractivity contribution in [3.8, 4) is 0 Å². The Balaban J connectivity index is 0.00000361. The number of carbonyl (C=O) groups excluding carboxylic acids is 1. The Hall–Kier alpha value is -1.26. The van der Waals surface area contributed by atoms with Gasteiger partial charge < -0.3 is 15.8 Å². The summed E-state index contributed by atoms with van der Waals surface area (Å²) < 4.78 is 5.64. The van der Waals surface area contributed by atoms with Gasteiger partial charge in [0.25, 0.3) is 5.91 Å². The summed E-state index contributed by atoms with van der Waals surface area (Å²) in [5.74, 6) is 0.316. The first-order chi connectivity index (χ1) is 9.06. The van der Waals surface area contributed by atoms with Gasteiger partial charge in [0.2, 0.25) is 0 Å². The van der Waals surface area contributed by atoms with Crippen LogP contribution in [0.5, 0.6) is 0 Å². The highest BCUT2D eigenvalue weighted by Crippen LogP contribution is 2.12. The molecule has 1 aromatic carbocycles. The van der Waals surface area contributed by atoms with Gasteiger partial charge in [0.05, 0.1) is 11.7 Å². The molecule has 3 N–H and O–H groups in total. The molecule has 0 aliphatic carbocycles. The first-order valence-electron chi connectivity index (χ1n) is 6.80. The standard InChI is InChI=1S/C15H24N2O2.ClH/c1-4-19-14(11(2)3)9-10-17-15(18)12-7-5-6-8-13(12)16;/h5-8,11,14H,4,9-10,16H2,1-3H3,(H,17,18);1H. The summed E-state index contributed by atoms with van der Waals surface area (Å²) >= 11 is 0. The van der Waals surface area contributed by atoms with E-state index in [4.69, 9.17) is 10.5 Å². The minimum Gasteiger partial charge on any atom is -0.398 e. The summed E-state index contributed by atoms with van der Waals surface area (Å²) in [5.41, 5.74) is 6.80. The number of nitrogen functional groups attached to an aromatic ring is 1. The Morgan fingerprint density at radius 1 is 1.35 bits per heavy atom. The van der Waals surface area contributed by atoms with Crippen LogP contribution in [0.4, 0.5) is 5.69 Å². The van der Waals surface area contributed by atoms with Gasteiger partial charge in [0.15, 0.2) is 0 Å². The van der Waals surface area contributed by atoms with Crippen molar-refractivity contribution in [2.24, 2.45) is 5.92 Å². The first-order valence-corrected chi connectivity index (χ1v) is 6.80. The zero-order chi connectivity index (χ0) is 14.3. The molecule has 1 unspecified atom stereocenters. The smallest absolute Gasteiger partial charge is 0.253 e. The van der Waals surface area contributed by atoms with Crippen LogP contribution >= 0.6 is 12.4 Å². The molecule has 0 saturated heterocycles. The predicted molar refractivity (Wildman–Crippen MR) is 85.3 cm³/mol. The number of amides is 1. The number of rotatable bonds is 7. The average molecular weight is 301 g/mol. The number of hydrogen-bond acceptors (Lipinski definition) is 3. The van der Waals surface area contributed by atoms with Crippen LogP contribution < -0.4 is 11.1 Å². The molecule has 5 heteroatoms. The number of nitrogens with one attached hydrogen (secondary N) is 1. The third-order valence-electron chi connectivity index (χ3n) is 3.04. The van der Waals surface area contributed by atoms with Crippen LogP contribution in [0.3, 0.4) is 0 Å². The van der Waals surface area contributed by atoms with Crippen molar-refractivity contribution in [3.05, 3.63) is 29.8 Å². The van der Waals surface area contributed by atoms with E-state index in [1.165, 1.54) is 0 Å². The highest BCUT2D eigenvalue weighted by molar-refractivity contribution is 5.99. The molecule has 20 heavy (non-hydrogen) atoms. The van der Waals surface area contributed by atoms with Crippen molar-refractivity contribution in [2.45, 2.75) is 33.3 Å². The molecule has 0 fully saturated rings. The van der Waals surface area contributed by atoms with Gasteiger partial charge in [-0.3, -0.25) is 4.79 Å². The Bertz CT molecular complexity index is 411. The third kappa shape index (κ3) is 5.80. The van der Waals surface area contributed by atoms with Gasteiger partial charge in [0.1, 0.15) is 0 Å². The van der Waals surface area contributed by atoms with Crippen LogP contribution in [0.25, 0.3) is 0 Å². The number of nitrogens with two attached hydrogens (primary N) is 1. The summed E-state index contributed by atoms with van der Waals surface area (Å²) in [4.78, 5) is 11.9. The normalized spacial score (nSPS) is 11.8. The fourth-order valence-electron chi connectivity index (χ4n) is 1.95. The van der Waals surface area contributed by atoms with Crippen LogP contribution in [0.15, 0.2) is 24.3 Å². The van der Waals surface area contributed by atoms with Gasteiger partial charge in [0, 0.05) is 18.8 Å². The fourth-order valence-corrected chi connectivity index (χ4v) is 1.95. The molecule has 0 spiro atoms. The second-order valence-corrected chi connectivity index (χ2v) is 4.87. The lowest BCUT2D eigenvalue weighted by Gasteiger charge is -2.20. The van der Waals surface area contributed by atoms with Crippen LogP contribution in [0, 0.1) is 5.92 Å². The van der Waals surface area contributed by atoms with Crippen molar-refractivity contribution < 1.29 is 9.53 Å². The number of hydrogen-bond donors (Lipinski definition) is 2. The summed E-state index contributed by atoms with van der Waals surface area (Å²) in [7, 11) is 0. The lowest BCUT2D eigenvalue weighted by atomic mass is 10.0.